The fourth-order valence-electron chi connectivity index (χ4n) is 4.94. The molecule has 0 atom stereocenters. The largest absolute Gasteiger partial charge is 0.456 e. The Balaban J connectivity index is 1.47. The maximum Gasteiger partial charge on any atom is 0.135 e. The van der Waals surface area contributed by atoms with Crippen LogP contribution in [0.25, 0.3) is 65.7 Å². The van der Waals surface area contributed by atoms with E-state index in [1.165, 1.54) is 43.4 Å². The number of fused-ring (bicyclic) bond motifs is 1. The first-order chi connectivity index (χ1) is 15.3. The number of furan rings is 1. The van der Waals surface area contributed by atoms with Gasteiger partial charge in [0.1, 0.15) is 11.3 Å². The Morgan fingerprint density at radius 3 is 2.03 bits per heavy atom. The molecular weight excluding hydrogens is 376 g/mol. The van der Waals surface area contributed by atoms with E-state index in [4.69, 9.17) is 4.42 Å². The predicted molar refractivity (Wildman–Crippen MR) is 131 cm³/mol. The van der Waals surface area contributed by atoms with Crippen molar-refractivity contribution < 1.29 is 4.42 Å². The van der Waals surface area contributed by atoms with E-state index < -0.39 is 0 Å². The minimum absolute atomic E-state index is 0.906. The lowest BCUT2D eigenvalue weighted by Gasteiger charge is -2.14. The van der Waals surface area contributed by atoms with Gasteiger partial charge in [0.25, 0.3) is 0 Å². The van der Waals surface area contributed by atoms with Crippen LogP contribution in [0.15, 0.2) is 114 Å². The predicted octanol–water partition coefficient (Wildman–Crippen LogP) is 8.66. The fraction of sp³-hybridized carbons (Fsp3) is 0. The quantitative estimate of drug-likeness (QED) is 0.267. The zero-order valence-electron chi connectivity index (χ0n) is 16.8. The van der Waals surface area contributed by atoms with Crippen molar-refractivity contribution >= 4 is 43.3 Å². The lowest BCUT2D eigenvalue weighted by atomic mass is 9.90. The van der Waals surface area contributed by atoms with Crippen molar-refractivity contribution in [2.75, 3.05) is 0 Å². The summed E-state index contributed by atoms with van der Waals surface area (Å²) in [6.07, 6.45) is 0. The molecule has 0 saturated carbocycles. The van der Waals surface area contributed by atoms with Crippen LogP contribution < -0.4 is 0 Å². The normalized spacial score (nSPS) is 11.9. The number of rotatable bonds is 2. The highest BCUT2D eigenvalue weighted by Crippen LogP contribution is 2.40. The zero-order chi connectivity index (χ0) is 20.4. The minimum Gasteiger partial charge on any atom is -0.456 e. The number of benzene rings is 6. The Morgan fingerprint density at radius 2 is 1.19 bits per heavy atom. The first-order valence-electron chi connectivity index (χ1n) is 10.6. The molecule has 1 heterocycles. The van der Waals surface area contributed by atoms with Crippen LogP contribution in [-0.4, -0.2) is 0 Å². The summed E-state index contributed by atoms with van der Waals surface area (Å²) < 4.78 is 6.12. The van der Waals surface area contributed by atoms with E-state index in [2.05, 4.69) is 91.0 Å². The summed E-state index contributed by atoms with van der Waals surface area (Å²) in [7, 11) is 0. The summed E-state index contributed by atoms with van der Waals surface area (Å²) in [6, 6.07) is 39.0. The molecule has 0 spiro atoms. The van der Waals surface area contributed by atoms with Crippen LogP contribution in [0, 0.1) is 0 Å². The van der Waals surface area contributed by atoms with Crippen LogP contribution in [0.2, 0.25) is 0 Å². The molecule has 0 N–H and O–H groups in total. The van der Waals surface area contributed by atoms with Crippen LogP contribution in [0.1, 0.15) is 0 Å². The second-order valence-corrected chi connectivity index (χ2v) is 8.20. The average molecular weight is 394 g/mol. The van der Waals surface area contributed by atoms with Gasteiger partial charge in [-0.3, -0.25) is 0 Å². The molecule has 0 aliphatic carbocycles. The molecule has 0 amide bonds. The van der Waals surface area contributed by atoms with Gasteiger partial charge < -0.3 is 4.42 Å². The molecule has 0 aliphatic heterocycles. The van der Waals surface area contributed by atoms with Crippen molar-refractivity contribution in [2.24, 2.45) is 0 Å². The monoisotopic (exact) mass is 394 g/mol. The van der Waals surface area contributed by atoms with Gasteiger partial charge in [0.05, 0.1) is 0 Å². The molecule has 7 rings (SSSR count). The molecule has 0 unspecified atom stereocenters. The molecule has 0 radical (unpaired) electrons. The van der Waals surface area contributed by atoms with E-state index in [1.807, 2.05) is 18.2 Å². The van der Waals surface area contributed by atoms with Gasteiger partial charge in [-0.15, -0.1) is 0 Å². The summed E-state index contributed by atoms with van der Waals surface area (Å²) in [5, 5.41) is 9.02. The van der Waals surface area contributed by atoms with Gasteiger partial charge in [-0.05, 0) is 61.6 Å². The molecule has 1 nitrogen and oxygen atoms in total. The lowest BCUT2D eigenvalue weighted by Crippen LogP contribution is -1.87. The Bertz CT molecular complexity index is 1700. The summed E-state index contributed by atoms with van der Waals surface area (Å²) >= 11 is 0. The second-order valence-electron chi connectivity index (χ2n) is 8.20. The first kappa shape index (κ1) is 16.7. The molecule has 0 fully saturated rings. The standard InChI is InChI=1S/C30H18O/c1-2-5-19(6-3-1)28-18-24-17-23(13-16-27(24)31-28)25-14-11-22-10-9-20-7-4-8-21-12-15-26(25)30(22)29(20)21/h1-18H. The lowest BCUT2D eigenvalue weighted by molar-refractivity contribution is 0.631. The summed E-state index contributed by atoms with van der Waals surface area (Å²) in [6.45, 7) is 0. The van der Waals surface area contributed by atoms with Gasteiger partial charge in [0.15, 0.2) is 0 Å². The Morgan fingerprint density at radius 1 is 0.452 bits per heavy atom. The van der Waals surface area contributed by atoms with Crippen molar-refractivity contribution in [1.82, 2.24) is 0 Å². The summed E-state index contributed by atoms with van der Waals surface area (Å²) in [5.74, 6) is 0.906. The van der Waals surface area contributed by atoms with E-state index in [1.54, 1.807) is 0 Å². The highest BCUT2D eigenvalue weighted by Gasteiger charge is 2.13. The average Bonchev–Trinajstić information content (AvgIpc) is 3.26. The van der Waals surface area contributed by atoms with Gasteiger partial charge in [0, 0.05) is 10.9 Å². The van der Waals surface area contributed by atoms with Crippen molar-refractivity contribution in [3.8, 4) is 22.5 Å². The van der Waals surface area contributed by atoms with Gasteiger partial charge >= 0.3 is 0 Å². The molecule has 6 aromatic carbocycles. The molecule has 144 valence electrons. The molecule has 1 heteroatoms. The highest BCUT2D eigenvalue weighted by molar-refractivity contribution is 6.25. The van der Waals surface area contributed by atoms with Crippen LogP contribution >= 0.6 is 0 Å². The van der Waals surface area contributed by atoms with Crippen LogP contribution in [0.4, 0.5) is 0 Å². The summed E-state index contributed by atoms with van der Waals surface area (Å²) in [5.41, 5.74) is 4.49. The van der Waals surface area contributed by atoms with Crippen molar-refractivity contribution in [3.63, 3.8) is 0 Å². The number of hydrogen-bond donors (Lipinski definition) is 0. The van der Waals surface area contributed by atoms with E-state index in [9.17, 15) is 0 Å². The van der Waals surface area contributed by atoms with Gasteiger partial charge in [-0.1, -0.05) is 91.0 Å². The molecule has 0 aliphatic rings. The molecule has 0 bridgehead atoms. The Hall–Kier alpha value is -4.10. The highest BCUT2D eigenvalue weighted by atomic mass is 16.3. The summed E-state index contributed by atoms with van der Waals surface area (Å²) in [4.78, 5) is 0. The van der Waals surface area contributed by atoms with Crippen LogP contribution in [-0.2, 0) is 0 Å². The van der Waals surface area contributed by atoms with E-state index in [0.717, 1.165) is 22.3 Å². The Labute approximate surface area is 179 Å². The third-order valence-corrected chi connectivity index (χ3v) is 6.41. The Kier molecular flexibility index (Phi) is 3.33. The zero-order valence-corrected chi connectivity index (χ0v) is 16.8. The van der Waals surface area contributed by atoms with E-state index in [0.29, 0.717) is 0 Å². The van der Waals surface area contributed by atoms with Gasteiger partial charge in [0.2, 0.25) is 0 Å². The van der Waals surface area contributed by atoms with Gasteiger partial charge in [-0.25, -0.2) is 0 Å². The fourth-order valence-corrected chi connectivity index (χ4v) is 4.94. The molecule has 0 saturated heterocycles. The van der Waals surface area contributed by atoms with E-state index >= 15 is 0 Å². The maximum atomic E-state index is 6.12. The topological polar surface area (TPSA) is 13.1 Å². The van der Waals surface area contributed by atoms with Crippen LogP contribution in [0.3, 0.4) is 0 Å². The maximum absolute atomic E-state index is 6.12. The molecule has 7 aromatic rings. The van der Waals surface area contributed by atoms with E-state index in [-0.39, 0.29) is 0 Å². The molecule has 31 heavy (non-hydrogen) atoms. The van der Waals surface area contributed by atoms with Crippen LogP contribution in [0.5, 0.6) is 0 Å². The third kappa shape index (κ3) is 2.44. The smallest absolute Gasteiger partial charge is 0.135 e. The van der Waals surface area contributed by atoms with Gasteiger partial charge in [-0.2, -0.15) is 0 Å². The van der Waals surface area contributed by atoms with Crippen molar-refractivity contribution in [2.45, 2.75) is 0 Å². The number of hydrogen-bond acceptors (Lipinski definition) is 1. The molecule has 1 aromatic heterocycles. The second kappa shape index (κ2) is 6.20. The first-order valence-corrected chi connectivity index (χ1v) is 10.6. The third-order valence-electron chi connectivity index (χ3n) is 6.41. The van der Waals surface area contributed by atoms with Crippen molar-refractivity contribution in [1.29, 1.82) is 0 Å². The SMILES string of the molecule is c1ccc(-c2cc3cc(-c4ccc5ccc6cccc7ccc4c5c67)ccc3o2)cc1. The van der Waals surface area contributed by atoms with Crippen molar-refractivity contribution in [3.05, 3.63) is 109 Å². The minimum atomic E-state index is 0.906. The molecular formula is C30H18O.